The summed E-state index contributed by atoms with van der Waals surface area (Å²) >= 11 is 0. The van der Waals surface area contributed by atoms with E-state index in [0.29, 0.717) is 12.5 Å². The summed E-state index contributed by atoms with van der Waals surface area (Å²) in [6, 6.07) is 16.5. The Hall–Kier alpha value is -2.41. The number of aliphatic carboxylic acids is 1. The van der Waals surface area contributed by atoms with E-state index < -0.39 is 11.4 Å². The average Bonchev–Trinajstić information content (AvgIpc) is 3.22. The molecule has 0 saturated carbocycles. The highest BCUT2D eigenvalue weighted by molar-refractivity contribution is 5.85. The Labute approximate surface area is 214 Å². The van der Waals surface area contributed by atoms with Gasteiger partial charge in [0, 0.05) is 25.6 Å². The molecule has 1 fully saturated rings. The smallest absolute Gasteiger partial charge is 0.313 e. The number of ether oxygens (including phenoxy) is 1. The van der Waals surface area contributed by atoms with Gasteiger partial charge in [-0.2, -0.15) is 0 Å². The molecule has 0 spiro atoms. The molecule has 7 heteroatoms. The monoisotopic (exact) mass is 499 g/mol. The van der Waals surface area contributed by atoms with Gasteiger partial charge in [0.2, 0.25) is 0 Å². The normalized spacial score (nSPS) is 15.3. The van der Waals surface area contributed by atoms with E-state index >= 15 is 0 Å². The Balaban J connectivity index is 0.00000342. The Morgan fingerprint density at radius 2 is 1.77 bits per heavy atom. The maximum Gasteiger partial charge on any atom is 0.313 e. The van der Waals surface area contributed by atoms with E-state index in [1.807, 2.05) is 19.1 Å². The molecule has 0 bridgehead atoms. The van der Waals surface area contributed by atoms with E-state index in [4.69, 9.17) is 9.72 Å². The van der Waals surface area contributed by atoms with E-state index in [-0.39, 0.29) is 12.4 Å². The molecule has 2 heterocycles. The Bertz CT molecular complexity index is 1100. The number of imidazole rings is 1. The van der Waals surface area contributed by atoms with Crippen LogP contribution in [-0.4, -0.2) is 58.4 Å². The number of piperidine rings is 1. The standard InChI is InChI=1S/C28H37N3O3.ClH/c1-4-34-20-19-31-25-8-6-5-7-24(25)29-26(31)22-14-17-30(18-15-22)16-13-21-9-11-23(12-10-21)28(2,3)27(32)33;/h5-12,22H,4,13-20H2,1-3H3,(H,32,33);1H. The lowest BCUT2D eigenvalue weighted by Crippen LogP contribution is -2.35. The van der Waals surface area contributed by atoms with Crippen LogP contribution in [0.4, 0.5) is 0 Å². The second-order valence-corrected chi connectivity index (χ2v) is 9.80. The van der Waals surface area contributed by atoms with Gasteiger partial charge in [-0.1, -0.05) is 36.4 Å². The van der Waals surface area contributed by atoms with Gasteiger partial charge in [-0.05, 0) is 76.4 Å². The molecule has 0 radical (unpaired) electrons. The van der Waals surface area contributed by atoms with Crippen LogP contribution in [0.25, 0.3) is 11.0 Å². The molecule has 6 nitrogen and oxygen atoms in total. The Kier molecular flexibility index (Phi) is 9.34. The summed E-state index contributed by atoms with van der Waals surface area (Å²) in [5, 5.41) is 9.43. The van der Waals surface area contributed by atoms with Crippen LogP contribution in [0, 0.1) is 0 Å². The third-order valence-corrected chi connectivity index (χ3v) is 7.23. The molecule has 1 saturated heterocycles. The third kappa shape index (κ3) is 6.24. The zero-order valence-electron chi connectivity index (χ0n) is 21.1. The maximum atomic E-state index is 11.5. The SMILES string of the molecule is CCOCCn1c(C2CCN(CCc3ccc(C(C)(C)C(=O)O)cc3)CC2)nc2ccccc21.Cl. The van der Waals surface area contributed by atoms with Crippen LogP contribution in [0.5, 0.6) is 0 Å². The van der Waals surface area contributed by atoms with Crippen molar-refractivity contribution in [2.45, 2.75) is 57.9 Å². The van der Waals surface area contributed by atoms with Gasteiger partial charge in [-0.3, -0.25) is 4.79 Å². The van der Waals surface area contributed by atoms with Crippen molar-refractivity contribution in [1.29, 1.82) is 0 Å². The fraction of sp³-hybridized carbons (Fsp3) is 0.500. The topological polar surface area (TPSA) is 67.6 Å². The van der Waals surface area contributed by atoms with Crippen molar-refractivity contribution in [1.82, 2.24) is 14.5 Å². The van der Waals surface area contributed by atoms with Gasteiger partial charge in [-0.15, -0.1) is 12.4 Å². The number of hydrogen-bond donors (Lipinski definition) is 1. The first kappa shape index (κ1) is 27.2. The minimum atomic E-state index is -0.862. The van der Waals surface area contributed by atoms with E-state index in [1.165, 1.54) is 16.9 Å². The second-order valence-electron chi connectivity index (χ2n) is 9.80. The quantitative estimate of drug-likeness (QED) is 0.384. The van der Waals surface area contributed by atoms with E-state index in [0.717, 1.165) is 63.1 Å². The zero-order chi connectivity index (χ0) is 24.1. The molecule has 0 unspecified atom stereocenters. The number of carboxylic acids is 1. The van der Waals surface area contributed by atoms with Gasteiger partial charge >= 0.3 is 5.97 Å². The predicted molar refractivity (Wildman–Crippen MR) is 143 cm³/mol. The largest absolute Gasteiger partial charge is 0.481 e. The molecule has 1 aliphatic rings. The number of benzene rings is 2. The number of nitrogens with zero attached hydrogens (tertiary/aromatic N) is 3. The minimum Gasteiger partial charge on any atom is -0.481 e. The number of para-hydroxylation sites is 2. The maximum absolute atomic E-state index is 11.5. The number of aromatic nitrogens is 2. The molecule has 190 valence electrons. The van der Waals surface area contributed by atoms with Crippen molar-refractivity contribution in [3.05, 3.63) is 65.5 Å². The highest BCUT2D eigenvalue weighted by atomic mass is 35.5. The molecule has 0 amide bonds. The van der Waals surface area contributed by atoms with E-state index in [1.54, 1.807) is 13.8 Å². The predicted octanol–water partition coefficient (Wildman–Crippen LogP) is 5.28. The van der Waals surface area contributed by atoms with Gasteiger partial charge in [0.1, 0.15) is 5.82 Å². The number of carboxylic acid groups (broad SMARTS) is 1. The van der Waals surface area contributed by atoms with Crippen molar-refractivity contribution in [2.75, 3.05) is 32.8 Å². The molecule has 1 aromatic heterocycles. The number of hydrogen-bond acceptors (Lipinski definition) is 4. The summed E-state index contributed by atoms with van der Waals surface area (Å²) in [5.41, 5.74) is 3.52. The van der Waals surface area contributed by atoms with E-state index in [9.17, 15) is 9.90 Å². The van der Waals surface area contributed by atoms with Crippen LogP contribution < -0.4 is 0 Å². The number of halogens is 1. The van der Waals surface area contributed by atoms with Crippen molar-refractivity contribution in [3.8, 4) is 0 Å². The lowest BCUT2D eigenvalue weighted by atomic mass is 9.84. The molecule has 1 N–H and O–H groups in total. The molecular formula is C28H38ClN3O3. The number of rotatable bonds is 10. The number of likely N-dealkylation sites (tertiary alicyclic amines) is 1. The van der Waals surface area contributed by atoms with Crippen LogP contribution in [-0.2, 0) is 27.9 Å². The highest BCUT2D eigenvalue weighted by Crippen LogP contribution is 2.30. The van der Waals surface area contributed by atoms with E-state index in [2.05, 4.69) is 45.9 Å². The average molecular weight is 500 g/mol. The Morgan fingerprint density at radius 3 is 2.43 bits per heavy atom. The molecule has 3 aromatic rings. The van der Waals surface area contributed by atoms with Gasteiger partial charge < -0.3 is 19.3 Å². The van der Waals surface area contributed by atoms with Crippen molar-refractivity contribution >= 4 is 29.4 Å². The minimum absolute atomic E-state index is 0. The van der Waals surface area contributed by atoms with Crippen LogP contribution in [0.3, 0.4) is 0 Å². The van der Waals surface area contributed by atoms with Crippen molar-refractivity contribution < 1.29 is 14.6 Å². The number of carbonyl (C=O) groups is 1. The summed E-state index contributed by atoms with van der Waals surface area (Å²) in [5.74, 6) is 0.884. The summed E-state index contributed by atoms with van der Waals surface area (Å²) < 4.78 is 8.01. The summed E-state index contributed by atoms with van der Waals surface area (Å²) in [6.45, 7) is 11.0. The zero-order valence-corrected chi connectivity index (χ0v) is 21.9. The summed E-state index contributed by atoms with van der Waals surface area (Å²) in [7, 11) is 0. The molecule has 0 aliphatic carbocycles. The first-order chi connectivity index (χ1) is 16.4. The first-order valence-electron chi connectivity index (χ1n) is 12.5. The van der Waals surface area contributed by atoms with Gasteiger partial charge in [0.25, 0.3) is 0 Å². The summed E-state index contributed by atoms with van der Waals surface area (Å²) in [6.07, 6.45) is 3.21. The molecular weight excluding hydrogens is 462 g/mol. The summed E-state index contributed by atoms with van der Waals surface area (Å²) in [4.78, 5) is 19.0. The molecule has 4 rings (SSSR count). The Morgan fingerprint density at radius 1 is 1.09 bits per heavy atom. The van der Waals surface area contributed by atoms with Crippen molar-refractivity contribution in [2.24, 2.45) is 0 Å². The van der Waals surface area contributed by atoms with Gasteiger partial charge in [0.15, 0.2) is 0 Å². The fourth-order valence-electron chi connectivity index (χ4n) is 4.85. The lowest BCUT2D eigenvalue weighted by molar-refractivity contribution is -0.142. The highest BCUT2D eigenvalue weighted by Gasteiger charge is 2.29. The fourth-order valence-corrected chi connectivity index (χ4v) is 4.85. The molecule has 1 aliphatic heterocycles. The lowest BCUT2D eigenvalue weighted by Gasteiger charge is -2.32. The van der Waals surface area contributed by atoms with Crippen LogP contribution in [0.1, 0.15) is 56.5 Å². The van der Waals surface area contributed by atoms with Gasteiger partial charge in [-0.25, -0.2) is 4.98 Å². The molecule has 0 atom stereocenters. The van der Waals surface area contributed by atoms with Crippen LogP contribution in [0.2, 0.25) is 0 Å². The van der Waals surface area contributed by atoms with Crippen molar-refractivity contribution in [3.63, 3.8) is 0 Å². The third-order valence-electron chi connectivity index (χ3n) is 7.23. The van der Waals surface area contributed by atoms with Gasteiger partial charge in [0.05, 0.1) is 23.1 Å². The molecule has 35 heavy (non-hydrogen) atoms. The second kappa shape index (κ2) is 12.0. The van der Waals surface area contributed by atoms with Crippen LogP contribution in [0.15, 0.2) is 48.5 Å². The van der Waals surface area contributed by atoms with Crippen LogP contribution >= 0.6 is 12.4 Å². The number of fused-ring (bicyclic) bond motifs is 1. The first-order valence-corrected chi connectivity index (χ1v) is 12.5. The molecule has 2 aromatic carbocycles.